The number of anilines is 1. The van der Waals surface area contributed by atoms with Crippen LogP contribution in [0.5, 0.6) is 0 Å². The maximum Gasteiger partial charge on any atom is 0.160 e. The van der Waals surface area contributed by atoms with Gasteiger partial charge in [-0.1, -0.05) is 0 Å². The number of carbonyl (C=O) groups is 1. The lowest BCUT2D eigenvalue weighted by Crippen LogP contribution is -2.36. The van der Waals surface area contributed by atoms with Gasteiger partial charge in [0.25, 0.3) is 0 Å². The van der Waals surface area contributed by atoms with Crippen molar-refractivity contribution in [3.63, 3.8) is 0 Å². The van der Waals surface area contributed by atoms with Crippen molar-refractivity contribution >= 4 is 22.6 Å². The van der Waals surface area contributed by atoms with Crippen LogP contribution in [0.4, 0.5) is 5.00 Å². The first kappa shape index (κ1) is 11.6. The number of carbonyl (C=O) groups excluding carboxylic acids is 1. The Morgan fingerprint density at radius 2 is 2.25 bits per heavy atom. The molecule has 0 saturated carbocycles. The molecule has 2 rings (SSSR count). The van der Waals surface area contributed by atoms with Crippen LogP contribution in [0.3, 0.4) is 0 Å². The van der Waals surface area contributed by atoms with Gasteiger partial charge < -0.3 is 9.64 Å². The van der Waals surface area contributed by atoms with Crippen LogP contribution in [-0.2, 0) is 4.74 Å². The summed E-state index contributed by atoms with van der Waals surface area (Å²) in [5.74, 6) is 0. The highest BCUT2D eigenvalue weighted by molar-refractivity contribution is 7.17. The quantitative estimate of drug-likeness (QED) is 0.756. The number of ether oxygens (including phenoxy) is 1. The molecule has 2 heterocycles. The van der Waals surface area contributed by atoms with Crippen molar-refractivity contribution in [3.05, 3.63) is 17.0 Å². The maximum absolute atomic E-state index is 10.6. The number of hydrogen-bond donors (Lipinski definition) is 0. The number of nitrogens with zero attached hydrogens (tertiary/aromatic N) is 1. The van der Waals surface area contributed by atoms with Crippen LogP contribution >= 0.6 is 11.3 Å². The minimum atomic E-state index is 0.423. The van der Waals surface area contributed by atoms with E-state index in [4.69, 9.17) is 4.74 Å². The van der Waals surface area contributed by atoms with Crippen LogP contribution in [0.15, 0.2) is 12.1 Å². The molecular weight excluding hydrogens is 222 g/mol. The zero-order chi connectivity index (χ0) is 11.4. The topological polar surface area (TPSA) is 29.5 Å². The molecule has 0 unspecified atom stereocenters. The summed E-state index contributed by atoms with van der Waals surface area (Å²) in [4.78, 5) is 13.8. The minimum Gasteiger partial charge on any atom is -0.378 e. The third kappa shape index (κ3) is 2.62. The van der Waals surface area contributed by atoms with Gasteiger partial charge in [-0.15, -0.1) is 11.3 Å². The fraction of sp³-hybridized carbons (Fsp3) is 0.583. The summed E-state index contributed by atoms with van der Waals surface area (Å²) in [7, 11) is 0. The molecule has 4 heteroatoms. The van der Waals surface area contributed by atoms with Crippen molar-refractivity contribution in [2.45, 2.75) is 25.9 Å². The highest BCUT2D eigenvalue weighted by atomic mass is 32.1. The normalized spacial score (nSPS) is 17.7. The Labute approximate surface area is 100 Å². The predicted molar refractivity (Wildman–Crippen MR) is 66.6 cm³/mol. The second-order valence-electron chi connectivity index (χ2n) is 3.94. The first-order valence-corrected chi connectivity index (χ1v) is 6.56. The predicted octanol–water partition coefficient (Wildman–Crippen LogP) is 2.57. The van der Waals surface area contributed by atoms with Crippen LogP contribution in [0.2, 0.25) is 0 Å². The molecule has 0 radical (unpaired) electrons. The number of piperidine rings is 1. The van der Waals surface area contributed by atoms with E-state index in [1.807, 2.05) is 19.1 Å². The first-order chi connectivity index (χ1) is 7.83. The molecule has 0 bridgehead atoms. The van der Waals surface area contributed by atoms with E-state index in [2.05, 4.69) is 4.90 Å². The van der Waals surface area contributed by atoms with Crippen molar-refractivity contribution in [1.29, 1.82) is 0 Å². The molecule has 1 aliphatic heterocycles. The number of rotatable bonds is 4. The van der Waals surface area contributed by atoms with E-state index in [1.165, 1.54) is 5.00 Å². The fourth-order valence-corrected chi connectivity index (χ4v) is 2.93. The van der Waals surface area contributed by atoms with Crippen molar-refractivity contribution in [3.8, 4) is 0 Å². The molecule has 0 aliphatic carbocycles. The number of thiophene rings is 1. The summed E-state index contributed by atoms with van der Waals surface area (Å²) in [6.45, 7) is 4.91. The fourth-order valence-electron chi connectivity index (χ4n) is 2.05. The number of hydrogen-bond acceptors (Lipinski definition) is 4. The Kier molecular flexibility index (Phi) is 3.96. The minimum absolute atomic E-state index is 0.423. The van der Waals surface area contributed by atoms with Gasteiger partial charge in [-0.2, -0.15) is 0 Å². The highest BCUT2D eigenvalue weighted by Gasteiger charge is 2.20. The van der Waals surface area contributed by atoms with Gasteiger partial charge in [-0.25, -0.2) is 0 Å². The molecule has 16 heavy (non-hydrogen) atoms. The first-order valence-electron chi connectivity index (χ1n) is 5.75. The van der Waals surface area contributed by atoms with E-state index in [1.54, 1.807) is 11.3 Å². The summed E-state index contributed by atoms with van der Waals surface area (Å²) < 4.78 is 5.61. The molecule has 1 aromatic rings. The molecule has 3 nitrogen and oxygen atoms in total. The Morgan fingerprint density at radius 1 is 1.50 bits per heavy atom. The second kappa shape index (κ2) is 5.46. The molecule has 0 aromatic carbocycles. The lowest BCUT2D eigenvalue weighted by molar-refractivity contribution is 0.0460. The van der Waals surface area contributed by atoms with Gasteiger partial charge in [0.1, 0.15) is 0 Å². The monoisotopic (exact) mass is 239 g/mol. The molecule has 1 aliphatic rings. The van der Waals surface area contributed by atoms with Gasteiger partial charge in [0.05, 0.1) is 16.0 Å². The highest BCUT2D eigenvalue weighted by Crippen LogP contribution is 2.28. The summed E-state index contributed by atoms with van der Waals surface area (Å²) in [5, 5.41) is 1.21. The van der Waals surface area contributed by atoms with Crippen LogP contribution in [0, 0.1) is 0 Å². The number of aldehydes is 1. The molecule has 1 saturated heterocycles. The lowest BCUT2D eigenvalue weighted by atomic mass is 10.1. The smallest absolute Gasteiger partial charge is 0.160 e. The third-order valence-electron chi connectivity index (χ3n) is 2.88. The Hall–Kier alpha value is -0.870. The standard InChI is InChI=1S/C12H17NO2S/c1-2-15-10-5-7-13(8-6-10)12-4-3-11(9-14)16-12/h3-4,9-10H,2,5-8H2,1H3. The molecular formula is C12H17NO2S. The molecule has 0 spiro atoms. The summed E-state index contributed by atoms with van der Waals surface area (Å²) >= 11 is 1.57. The lowest BCUT2D eigenvalue weighted by Gasteiger charge is -2.32. The maximum atomic E-state index is 10.6. The Morgan fingerprint density at radius 3 is 2.81 bits per heavy atom. The van der Waals surface area contributed by atoms with E-state index in [0.717, 1.165) is 43.7 Å². The van der Waals surface area contributed by atoms with E-state index >= 15 is 0 Å². The van der Waals surface area contributed by atoms with E-state index in [9.17, 15) is 4.79 Å². The van der Waals surface area contributed by atoms with Crippen molar-refractivity contribution < 1.29 is 9.53 Å². The van der Waals surface area contributed by atoms with Crippen molar-refractivity contribution in [1.82, 2.24) is 0 Å². The van der Waals surface area contributed by atoms with Crippen LogP contribution < -0.4 is 4.90 Å². The molecule has 0 atom stereocenters. The second-order valence-corrected chi connectivity index (χ2v) is 5.03. The average Bonchev–Trinajstić information content (AvgIpc) is 2.79. The summed E-state index contributed by atoms with van der Waals surface area (Å²) in [5.41, 5.74) is 0. The van der Waals surface area contributed by atoms with Crippen molar-refractivity contribution in [2.24, 2.45) is 0 Å². The van der Waals surface area contributed by atoms with Gasteiger partial charge in [-0.05, 0) is 31.9 Å². The molecule has 88 valence electrons. The Balaban J connectivity index is 1.91. The molecule has 1 aromatic heterocycles. The van der Waals surface area contributed by atoms with Crippen LogP contribution in [-0.4, -0.2) is 32.1 Å². The van der Waals surface area contributed by atoms with Gasteiger partial charge in [0.15, 0.2) is 6.29 Å². The molecule has 0 N–H and O–H groups in total. The zero-order valence-electron chi connectivity index (χ0n) is 9.52. The summed E-state index contributed by atoms with van der Waals surface area (Å²) in [6, 6.07) is 3.93. The average molecular weight is 239 g/mol. The van der Waals surface area contributed by atoms with Crippen LogP contribution in [0.25, 0.3) is 0 Å². The SMILES string of the molecule is CCOC1CCN(c2ccc(C=O)s2)CC1. The van der Waals surface area contributed by atoms with E-state index in [0.29, 0.717) is 6.10 Å². The van der Waals surface area contributed by atoms with Gasteiger partial charge in [0, 0.05) is 19.7 Å². The summed E-state index contributed by atoms with van der Waals surface area (Å²) in [6.07, 6.45) is 3.51. The van der Waals surface area contributed by atoms with Crippen molar-refractivity contribution in [2.75, 3.05) is 24.6 Å². The van der Waals surface area contributed by atoms with E-state index < -0.39 is 0 Å². The largest absolute Gasteiger partial charge is 0.378 e. The molecule has 0 amide bonds. The Bertz CT molecular complexity index is 343. The van der Waals surface area contributed by atoms with Gasteiger partial charge >= 0.3 is 0 Å². The zero-order valence-corrected chi connectivity index (χ0v) is 10.3. The van der Waals surface area contributed by atoms with E-state index in [-0.39, 0.29) is 0 Å². The van der Waals surface area contributed by atoms with Crippen LogP contribution in [0.1, 0.15) is 29.4 Å². The third-order valence-corrected chi connectivity index (χ3v) is 3.96. The molecule has 1 fully saturated rings. The van der Waals surface area contributed by atoms with Gasteiger partial charge in [0.2, 0.25) is 0 Å². The van der Waals surface area contributed by atoms with Gasteiger partial charge in [-0.3, -0.25) is 4.79 Å².